The molecule has 1 aromatic heterocycles. The third-order valence-electron chi connectivity index (χ3n) is 4.24. The maximum absolute atomic E-state index is 12.9. The molecule has 0 amide bonds. The maximum atomic E-state index is 12.9. The van der Waals surface area contributed by atoms with Crippen molar-refractivity contribution >= 4 is 17.3 Å². The van der Waals surface area contributed by atoms with Gasteiger partial charge >= 0.3 is 0 Å². The number of aromatic nitrogens is 2. The number of rotatable bonds is 4. The molecule has 0 N–H and O–H groups in total. The maximum Gasteiger partial charge on any atom is 0.287 e. The summed E-state index contributed by atoms with van der Waals surface area (Å²) in [5.41, 5.74) is 1.35. The minimum Gasteiger partial charge on any atom is -0.373 e. The summed E-state index contributed by atoms with van der Waals surface area (Å²) in [6.45, 7) is 1.98. The van der Waals surface area contributed by atoms with E-state index in [1.54, 1.807) is 25.4 Å². The highest BCUT2D eigenvalue weighted by Gasteiger charge is 2.22. The van der Waals surface area contributed by atoms with Crippen LogP contribution >= 0.6 is 11.6 Å². The fourth-order valence-corrected chi connectivity index (χ4v) is 3.07. The first-order valence-corrected chi connectivity index (χ1v) is 8.25. The van der Waals surface area contributed by atoms with Crippen molar-refractivity contribution in [3.8, 4) is 0 Å². The Morgan fingerprint density at radius 2 is 1.96 bits per heavy atom. The van der Waals surface area contributed by atoms with Crippen molar-refractivity contribution in [2.75, 3.05) is 18.0 Å². The molecule has 0 atom stereocenters. The standard InChI is InChI=1S/C17H19ClFN3O2/c1-21-17(23)16(18)15(10-20-21)22-8-6-14(7-9-22)24-11-12-2-4-13(19)5-3-12/h2-5,10,14H,6-9,11H2,1H3. The molecule has 24 heavy (non-hydrogen) atoms. The van der Waals surface area contributed by atoms with Crippen molar-refractivity contribution in [2.45, 2.75) is 25.6 Å². The van der Waals surface area contributed by atoms with Crippen LogP contribution < -0.4 is 10.5 Å². The smallest absolute Gasteiger partial charge is 0.287 e. The van der Waals surface area contributed by atoms with Crippen LogP contribution in [-0.4, -0.2) is 29.0 Å². The summed E-state index contributed by atoms with van der Waals surface area (Å²) in [7, 11) is 1.58. The molecule has 3 rings (SSSR count). The van der Waals surface area contributed by atoms with E-state index in [2.05, 4.69) is 10.00 Å². The lowest BCUT2D eigenvalue weighted by Crippen LogP contribution is -2.38. The Bertz CT molecular complexity index is 755. The average Bonchev–Trinajstić information content (AvgIpc) is 2.60. The molecular weight excluding hydrogens is 333 g/mol. The van der Waals surface area contributed by atoms with Gasteiger partial charge in [0.15, 0.2) is 0 Å². The molecule has 2 heterocycles. The number of hydrogen-bond donors (Lipinski definition) is 0. The second-order valence-corrected chi connectivity index (χ2v) is 6.27. The number of piperidine rings is 1. The van der Waals surface area contributed by atoms with Gasteiger partial charge in [0.1, 0.15) is 10.8 Å². The molecule has 1 aliphatic heterocycles. The highest BCUT2D eigenvalue weighted by atomic mass is 35.5. The highest BCUT2D eigenvalue weighted by Crippen LogP contribution is 2.25. The first-order chi connectivity index (χ1) is 11.5. The Morgan fingerprint density at radius 3 is 2.62 bits per heavy atom. The van der Waals surface area contributed by atoms with Crippen molar-refractivity contribution in [1.29, 1.82) is 0 Å². The lowest BCUT2D eigenvalue weighted by atomic mass is 10.1. The molecule has 7 heteroatoms. The number of hydrogen-bond acceptors (Lipinski definition) is 4. The Hall–Kier alpha value is -1.92. The zero-order valence-corrected chi connectivity index (χ0v) is 14.2. The van der Waals surface area contributed by atoms with Crippen molar-refractivity contribution in [3.05, 3.63) is 57.2 Å². The summed E-state index contributed by atoms with van der Waals surface area (Å²) in [4.78, 5) is 13.9. The molecule has 1 saturated heterocycles. The van der Waals surface area contributed by atoms with Gasteiger partial charge in [-0.25, -0.2) is 9.07 Å². The van der Waals surface area contributed by atoms with Crippen LogP contribution in [0.15, 0.2) is 35.3 Å². The molecule has 2 aromatic rings. The summed E-state index contributed by atoms with van der Waals surface area (Å²) in [5.74, 6) is -0.244. The molecular formula is C17H19ClFN3O2. The third kappa shape index (κ3) is 3.76. The van der Waals surface area contributed by atoms with Gasteiger partial charge in [-0.15, -0.1) is 0 Å². The van der Waals surface area contributed by atoms with E-state index in [9.17, 15) is 9.18 Å². The van der Waals surface area contributed by atoms with Crippen LogP contribution in [0.2, 0.25) is 5.02 Å². The van der Waals surface area contributed by atoms with Gasteiger partial charge in [0.25, 0.3) is 5.56 Å². The minimum atomic E-state index is -0.288. The molecule has 0 radical (unpaired) electrons. The second kappa shape index (κ2) is 7.32. The van der Waals surface area contributed by atoms with Gasteiger partial charge in [-0.1, -0.05) is 23.7 Å². The van der Waals surface area contributed by atoms with E-state index < -0.39 is 0 Å². The van der Waals surface area contributed by atoms with Gasteiger partial charge < -0.3 is 9.64 Å². The van der Waals surface area contributed by atoms with E-state index in [0.29, 0.717) is 12.3 Å². The van der Waals surface area contributed by atoms with Crippen LogP contribution in [0.25, 0.3) is 0 Å². The fraction of sp³-hybridized carbons (Fsp3) is 0.412. The number of ether oxygens (including phenoxy) is 1. The summed E-state index contributed by atoms with van der Waals surface area (Å²) in [6, 6.07) is 6.34. The molecule has 0 saturated carbocycles. The van der Waals surface area contributed by atoms with E-state index >= 15 is 0 Å². The topological polar surface area (TPSA) is 47.4 Å². The molecule has 0 unspecified atom stereocenters. The van der Waals surface area contributed by atoms with E-state index in [-0.39, 0.29) is 22.5 Å². The quantitative estimate of drug-likeness (QED) is 0.849. The Kier molecular flexibility index (Phi) is 5.16. The molecule has 1 aliphatic rings. The number of nitrogens with zero attached hydrogens (tertiary/aromatic N) is 3. The monoisotopic (exact) mass is 351 g/mol. The Labute approximate surface area is 144 Å². The average molecular weight is 352 g/mol. The molecule has 0 bridgehead atoms. The third-order valence-corrected chi connectivity index (χ3v) is 4.60. The van der Waals surface area contributed by atoms with E-state index in [1.165, 1.54) is 16.8 Å². The summed E-state index contributed by atoms with van der Waals surface area (Å²) < 4.78 is 20.0. The minimum absolute atomic E-state index is 0.143. The largest absolute Gasteiger partial charge is 0.373 e. The van der Waals surface area contributed by atoms with Gasteiger partial charge in [-0.3, -0.25) is 4.79 Å². The lowest BCUT2D eigenvalue weighted by molar-refractivity contribution is 0.0251. The van der Waals surface area contributed by atoms with Crippen LogP contribution in [0.1, 0.15) is 18.4 Å². The van der Waals surface area contributed by atoms with E-state index in [0.717, 1.165) is 31.5 Å². The number of benzene rings is 1. The predicted octanol–water partition coefficient (Wildman–Crippen LogP) is 2.76. The number of halogens is 2. The van der Waals surface area contributed by atoms with Gasteiger partial charge in [0.05, 0.1) is 24.6 Å². The molecule has 0 aliphatic carbocycles. The van der Waals surface area contributed by atoms with Crippen LogP contribution in [0.5, 0.6) is 0 Å². The van der Waals surface area contributed by atoms with E-state index in [1.807, 2.05) is 0 Å². The highest BCUT2D eigenvalue weighted by molar-refractivity contribution is 6.33. The summed E-state index contributed by atoms with van der Waals surface area (Å²) in [6.07, 6.45) is 3.45. The van der Waals surface area contributed by atoms with Gasteiger partial charge in [0, 0.05) is 20.1 Å². The van der Waals surface area contributed by atoms with Crippen molar-refractivity contribution in [2.24, 2.45) is 7.05 Å². The van der Waals surface area contributed by atoms with Crippen molar-refractivity contribution < 1.29 is 9.13 Å². The summed E-state index contributed by atoms with van der Waals surface area (Å²) >= 11 is 6.15. The predicted molar refractivity (Wildman–Crippen MR) is 90.9 cm³/mol. The first kappa shape index (κ1) is 16.9. The molecule has 5 nitrogen and oxygen atoms in total. The molecule has 1 fully saturated rings. The zero-order chi connectivity index (χ0) is 17.1. The SMILES string of the molecule is Cn1ncc(N2CCC(OCc3ccc(F)cc3)CC2)c(Cl)c1=O. The Morgan fingerprint density at radius 1 is 1.29 bits per heavy atom. The molecule has 0 spiro atoms. The van der Waals surface area contributed by atoms with E-state index in [4.69, 9.17) is 16.3 Å². The first-order valence-electron chi connectivity index (χ1n) is 7.87. The van der Waals surface area contributed by atoms with Crippen molar-refractivity contribution in [1.82, 2.24) is 9.78 Å². The summed E-state index contributed by atoms with van der Waals surface area (Å²) in [5, 5.41) is 4.24. The van der Waals surface area contributed by atoms with Crippen molar-refractivity contribution in [3.63, 3.8) is 0 Å². The van der Waals surface area contributed by atoms with Gasteiger partial charge in [-0.05, 0) is 30.5 Å². The fourth-order valence-electron chi connectivity index (χ4n) is 2.78. The van der Waals surface area contributed by atoms with Crippen LogP contribution in [0.4, 0.5) is 10.1 Å². The molecule has 128 valence electrons. The normalized spacial score (nSPS) is 15.7. The van der Waals surface area contributed by atoms with Crippen LogP contribution in [-0.2, 0) is 18.4 Å². The number of aryl methyl sites for hydroxylation is 1. The Balaban J connectivity index is 1.55. The lowest BCUT2D eigenvalue weighted by Gasteiger charge is -2.33. The molecule has 1 aromatic carbocycles. The van der Waals surface area contributed by atoms with Crippen LogP contribution in [0.3, 0.4) is 0 Å². The van der Waals surface area contributed by atoms with Gasteiger partial charge in [0.2, 0.25) is 0 Å². The zero-order valence-electron chi connectivity index (χ0n) is 13.4. The van der Waals surface area contributed by atoms with Gasteiger partial charge in [-0.2, -0.15) is 5.10 Å². The number of anilines is 1. The second-order valence-electron chi connectivity index (χ2n) is 5.90. The van der Waals surface area contributed by atoms with Crippen LogP contribution in [0, 0.1) is 5.82 Å².